The molecule has 0 bridgehead atoms. The van der Waals surface area contributed by atoms with Crippen LogP contribution in [0.25, 0.3) is 89.4 Å². The van der Waals surface area contributed by atoms with Gasteiger partial charge in [0.2, 0.25) is 0 Å². The van der Waals surface area contributed by atoms with Gasteiger partial charge in [0, 0.05) is 48.2 Å². The number of fused-ring (bicyclic) bond motifs is 13. The minimum Gasteiger partial charge on any atom is -0.247 e. The van der Waals surface area contributed by atoms with Gasteiger partial charge < -0.3 is 0 Å². The third-order valence-electron chi connectivity index (χ3n) is 13.0. The smallest absolute Gasteiger partial charge is 0.164 e. The summed E-state index contributed by atoms with van der Waals surface area (Å²) in [7, 11) is 0. The van der Waals surface area contributed by atoms with Crippen molar-refractivity contribution in [2.75, 3.05) is 0 Å². The summed E-state index contributed by atoms with van der Waals surface area (Å²) in [5.41, 5.74) is 15.4. The molecule has 13 rings (SSSR count). The molecule has 0 saturated heterocycles. The first-order valence-electron chi connectivity index (χ1n) is 21.6. The van der Waals surface area contributed by atoms with Crippen molar-refractivity contribution in [3.05, 3.63) is 241 Å². The van der Waals surface area contributed by atoms with E-state index in [2.05, 4.69) is 158 Å². The standard InChI is InChI=1S/C59H36N4S/c1-4-16-38(17-5-1)55-44-33-35-49-54(53(44)43-22-10-13-25-50(43)60-55)45-36-42(32-34-46(45)59(49)47-23-11-14-26-51(47)64-52-27-15-12-24-48(52)59)37-28-30-41(31-29-37)58-62-56(39-18-6-2-7-19-39)61-57(63-58)40-20-8-3-9-21-40/h1-36H. The van der Waals surface area contributed by atoms with Crippen molar-refractivity contribution >= 4 is 33.4 Å². The van der Waals surface area contributed by atoms with Gasteiger partial charge in [-0.3, -0.25) is 0 Å². The Labute approximate surface area is 375 Å². The molecule has 0 saturated carbocycles. The molecule has 298 valence electrons. The first-order chi connectivity index (χ1) is 31.7. The van der Waals surface area contributed by atoms with E-state index in [1.54, 1.807) is 0 Å². The molecule has 2 aromatic heterocycles. The zero-order valence-electron chi connectivity index (χ0n) is 34.5. The molecule has 0 fully saturated rings. The third kappa shape index (κ3) is 5.57. The van der Waals surface area contributed by atoms with E-state index in [9.17, 15) is 0 Å². The minimum absolute atomic E-state index is 0.525. The molecule has 3 heterocycles. The van der Waals surface area contributed by atoms with Crippen LogP contribution in [0.3, 0.4) is 0 Å². The van der Waals surface area contributed by atoms with E-state index in [1.807, 2.05) is 72.4 Å². The van der Waals surface area contributed by atoms with Crippen LogP contribution in [0.4, 0.5) is 0 Å². The fraction of sp³-hybridized carbons (Fsp3) is 0.0169. The van der Waals surface area contributed by atoms with Crippen LogP contribution in [-0.2, 0) is 5.41 Å². The first kappa shape index (κ1) is 36.6. The van der Waals surface area contributed by atoms with Gasteiger partial charge in [0.15, 0.2) is 17.5 Å². The van der Waals surface area contributed by atoms with Crippen LogP contribution in [0, 0.1) is 0 Å². The van der Waals surface area contributed by atoms with E-state index in [1.165, 1.54) is 48.6 Å². The van der Waals surface area contributed by atoms with Gasteiger partial charge in [-0.05, 0) is 68.8 Å². The molecule has 0 unspecified atom stereocenters. The fourth-order valence-electron chi connectivity index (χ4n) is 10.2. The van der Waals surface area contributed by atoms with Crippen molar-refractivity contribution in [3.8, 4) is 67.7 Å². The van der Waals surface area contributed by atoms with Gasteiger partial charge in [-0.2, -0.15) is 0 Å². The van der Waals surface area contributed by atoms with Crippen molar-refractivity contribution in [3.63, 3.8) is 0 Å². The predicted molar refractivity (Wildman–Crippen MR) is 261 cm³/mol. The van der Waals surface area contributed by atoms with Crippen LogP contribution < -0.4 is 0 Å². The molecule has 0 amide bonds. The Morgan fingerprint density at radius 2 is 0.812 bits per heavy atom. The first-order valence-corrected chi connectivity index (χ1v) is 22.4. The lowest BCUT2D eigenvalue weighted by molar-refractivity contribution is 0.723. The zero-order chi connectivity index (χ0) is 42.2. The molecule has 1 spiro atoms. The molecule has 0 N–H and O–H groups in total. The monoisotopic (exact) mass is 832 g/mol. The lowest BCUT2D eigenvalue weighted by atomic mass is 9.67. The second-order valence-corrected chi connectivity index (χ2v) is 17.6. The van der Waals surface area contributed by atoms with E-state index in [0.717, 1.165) is 55.4 Å². The van der Waals surface area contributed by atoms with E-state index < -0.39 is 5.41 Å². The molecular weight excluding hydrogens is 797 g/mol. The van der Waals surface area contributed by atoms with Gasteiger partial charge in [-0.25, -0.2) is 19.9 Å². The summed E-state index contributed by atoms with van der Waals surface area (Å²) in [6, 6.07) is 78.1. The Morgan fingerprint density at radius 1 is 0.328 bits per heavy atom. The maximum atomic E-state index is 5.36. The van der Waals surface area contributed by atoms with Gasteiger partial charge in [0.25, 0.3) is 0 Å². The van der Waals surface area contributed by atoms with Crippen molar-refractivity contribution in [2.45, 2.75) is 15.2 Å². The molecule has 0 radical (unpaired) electrons. The van der Waals surface area contributed by atoms with Gasteiger partial charge in [-0.15, -0.1) is 0 Å². The van der Waals surface area contributed by atoms with E-state index in [0.29, 0.717) is 17.5 Å². The Bertz CT molecular complexity index is 3520. The summed E-state index contributed by atoms with van der Waals surface area (Å²) in [4.78, 5) is 22.9. The molecule has 2 aliphatic rings. The number of aromatic nitrogens is 4. The second kappa shape index (κ2) is 14.6. The second-order valence-electron chi connectivity index (χ2n) is 16.5. The van der Waals surface area contributed by atoms with Crippen LogP contribution in [-0.4, -0.2) is 19.9 Å². The highest BCUT2D eigenvalue weighted by Gasteiger charge is 2.51. The third-order valence-corrected chi connectivity index (χ3v) is 14.1. The summed E-state index contributed by atoms with van der Waals surface area (Å²) >= 11 is 1.87. The highest BCUT2D eigenvalue weighted by atomic mass is 32.2. The molecule has 11 aromatic rings. The number of para-hydroxylation sites is 1. The lowest BCUT2D eigenvalue weighted by Crippen LogP contribution is -2.31. The number of nitrogens with zero attached hydrogens (tertiary/aromatic N) is 4. The van der Waals surface area contributed by atoms with Gasteiger partial charge in [0.05, 0.1) is 16.6 Å². The van der Waals surface area contributed by atoms with Gasteiger partial charge in [-0.1, -0.05) is 206 Å². The summed E-state index contributed by atoms with van der Waals surface area (Å²) in [5.74, 6) is 1.93. The quantitative estimate of drug-likeness (QED) is 0.162. The molecule has 64 heavy (non-hydrogen) atoms. The Hall–Kier alpha value is -7.99. The number of hydrogen-bond acceptors (Lipinski definition) is 5. The largest absolute Gasteiger partial charge is 0.247 e. The van der Waals surface area contributed by atoms with Crippen LogP contribution in [0.2, 0.25) is 0 Å². The Kier molecular flexibility index (Phi) is 8.33. The molecule has 5 heteroatoms. The van der Waals surface area contributed by atoms with E-state index >= 15 is 0 Å². The number of benzene rings is 9. The van der Waals surface area contributed by atoms with Crippen LogP contribution in [0.15, 0.2) is 228 Å². The normalized spacial score (nSPS) is 13.1. The zero-order valence-corrected chi connectivity index (χ0v) is 35.3. The number of pyridine rings is 1. The SMILES string of the molecule is c1ccc(-c2nc(-c3ccccc3)nc(-c3ccc(-c4ccc5c(c4)-c4c(ccc6c(-c7ccccc7)nc7ccccc7c46)C54c5ccccc5Sc5ccccc54)cc3)n2)cc1. The highest BCUT2D eigenvalue weighted by molar-refractivity contribution is 7.99. The molecule has 4 nitrogen and oxygen atoms in total. The predicted octanol–water partition coefficient (Wildman–Crippen LogP) is 14.7. The molecule has 0 atom stereocenters. The van der Waals surface area contributed by atoms with E-state index in [4.69, 9.17) is 19.9 Å². The average molecular weight is 833 g/mol. The maximum Gasteiger partial charge on any atom is 0.164 e. The Balaban J connectivity index is 1.04. The summed E-state index contributed by atoms with van der Waals surface area (Å²) < 4.78 is 0. The average Bonchev–Trinajstić information content (AvgIpc) is 3.66. The lowest BCUT2D eigenvalue weighted by Gasteiger charge is -2.39. The van der Waals surface area contributed by atoms with Crippen molar-refractivity contribution in [1.29, 1.82) is 0 Å². The molecular formula is C59H36N4S. The van der Waals surface area contributed by atoms with Crippen LogP contribution in [0.5, 0.6) is 0 Å². The topological polar surface area (TPSA) is 51.6 Å². The number of hydrogen-bond donors (Lipinski definition) is 0. The molecule has 1 aliphatic heterocycles. The van der Waals surface area contributed by atoms with Crippen molar-refractivity contribution < 1.29 is 0 Å². The number of rotatable bonds is 5. The summed E-state index contributed by atoms with van der Waals surface area (Å²) in [6.07, 6.45) is 0. The van der Waals surface area contributed by atoms with Gasteiger partial charge >= 0.3 is 0 Å². The summed E-state index contributed by atoms with van der Waals surface area (Å²) in [5, 5.41) is 3.54. The van der Waals surface area contributed by atoms with Gasteiger partial charge in [0.1, 0.15) is 0 Å². The van der Waals surface area contributed by atoms with E-state index in [-0.39, 0.29) is 0 Å². The molecule has 9 aromatic carbocycles. The Morgan fingerprint density at radius 3 is 1.44 bits per heavy atom. The van der Waals surface area contributed by atoms with Crippen molar-refractivity contribution in [1.82, 2.24) is 19.9 Å². The summed E-state index contributed by atoms with van der Waals surface area (Å²) in [6.45, 7) is 0. The molecule has 1 aliphatic carbocycles. The minimum atomic E-state index is -0.525. The van der Waals surface area contributed by atoms with Crippen molar-refractivity contribution in [2.24, 2.45) is 0 Å². The highest BCUT2D eigenvalue weighted by Crippen LogP contribution is 2.64. The van der Waals surface area contributed by atoms with Crippen LogP contribution >= 0.6 is 11.8 Å². The van der Waals surface area contributed by atoms with Crippen LogP contribution in [0.1, 0.15) is 22.3 Å². The fourth-order valence-corrected chi connectivity index (χ4v) is 11.4. The maximum absolute atomic E-state index is 5.36.